The van der Waals surface area contributed by atoms with Crippen LogP contribution in [0, 0.1) is 6.92 Å². The second-order valence-electron chi connectivity index (χ2n) is 5.51. The molecule has 112 valence electrons. The van der Waals surface area contributed by atoms with Gasteiger partial charge in [-0.1, -0.05) is 24.3 Å². The number of carbonyl (C=O) groups is 1. The molecule has 0 bridgehead atoms. The van der Waals surface area contributed by atoms with Gasteiger partial charge < -0.3 is 9.47 Å². The van der Waals surface area contributed by atoms with Crippen molar-refractivity contribution in [3.63, 3.8) is 0 Å². The minimum Gasteiger partial charge on any atom is -0.331 e. The molecule has 4 nitrogen and oxygen atoms in total. The first kappa shape index (κ1) is 14.3. The number of rotatable bonds is 3. The number of imidazole rings is 1. The van der Waals surface area contributed by atoms with E-state index in [0.717, 1.165) is 28.1 Å². The zero-order valence-corrected chi connectivity index (χ0v) is 13.1. The minimum atomic E-state index is 0.0678. The summed E-state index contributed by atoms with van der Waals surface area (Å²) in [7, 11) is 3.81. The Morgan fingerprint density at radius 3 is 2.64 bits per heavy atom. The Hall–Kier alpha value is -2.62. The zero-order chi connectivity index (χ0) is 15.7. The first-order valence-corrected chi connectivity index (χ1v) is 7.30. The molecule has 1 amide bonds. The number of aromatic nitrogens is 2. The third-order valence-electron chi connectivity index (χ3n) is 4.04. The first-order chi connectivity index (χ1) is 10.6. The number of amides is 1. The van der Waals surface area contributed by atoms with Crippen LogP contribution in [-0.2, 0) is 18.3 Å². The SMILES string of the molecule is Cc1nc2cc(CC(=O)N(C)c3ccccc3)ccc2n1C. The molecule has 0 saturated heterocycles. The zero-order valence-electron chi connectivity index (χ0n) is 13.1. The van der Waals surface area contributed by atoms with Gasteiger partial charge in [0.25, 0.3) is 0 Å². The Morgan fingerprint density at radius 2 is 1.91 bits per heavy atom. The van der Waals surface area contributed by atoms with Crippen molar-refractivity contribution in [3.05, 3.63) is 59.9 Å². The lowest BCUT2D eigenvalue weighted by Gasteiger charge is -2.17. The Bertz CT molecular complexity index is 821. The van der Waals surface area contributed by atoms with E-state index >= 15 is 0 Å². The summed E-state index contributed by atoms with van der Waals surface area (Å²) in [6.07, 6.45) is 0.372. The fourth-order valence-corrected chi connectivity index (χ4v) is 2.56. The van der Waals surface area contributed by atoms with Gasteiger partial charge in [-0.15, -0.1) is 0 Å². The average Bonchev–Trinajstić information content (AvgIpc) is 2.81. The molecule has 0 N–H and O–H groups in total. The van der Waals surface area contributed by atoms with Crippen molar-refractivity contribution in [2.24, 2.45) is 7.05 Å². The van der Waals surface area contributed by atoms with Gasteiger partial charge in [0.05, 0.1) is 17.5 Å². The lowest BCUT2D eigenvalue weighted by atomic mass is 10.1. The van der Waals surface area contributed by atoms with Crippen molar-refractivity contribution < 1.29 is 4.79 Å². The van der Waals surface area contributed by atoms with Crippen LogP contribution in [0.4, 0.5) is 5.69 Å². The molecule has 0 radical (unpaired) electrons. The topological polar surface area (TPSA) is 38.1 Å². The smallest absolute Gasteiger partial charge is 0.231 e. The normalized spacial score (nSPS) is 10.9. The number of nitrogens with zero attached hydrogens (tertiary/aromatic N) is 3. The Morgan fingerprint density at radius 1 is 1.18 bits per heavy atom. The van der Waals surface area contributed by atoms with Crippen LogP contribution >= 0.6 is 0 Å². The standard InChI is InChI=1S/C18H19N3O/c1-13-19-16-11-14(9-10-17(16)20(13)2)12-18(22)21(3)15-7-5-4-6-8-15/h4-11H,12H2,1-3H3. The van der Waals surface area contributed by atoms with Crippen LogP contribution in [0.15, 0.2) is 48.5 Å². The summed E-state index contributed by atoms with van der Waals surface area (Å²) in [5, 5.41) is 0. The highest BCUT2D eigenvalue weighted by atomic mass is 16.2. The van der Waals surface area contributed by atoms with Crippen molar-refractivity contribution in [1.29, 1.82) is 0 Å². The predicted molar refractivity (Wildman–Crippen MR) is 89.0 cm³/mol. The number of fused-ring (bicyclic) bond motifs is 1. The molecule has 0 aliphatic carbocycles. The van der Waals surface area contributed by atoms with Crippen LogP contribution in [0.1, 0.15) is 11.4 Å². The number of aryl methyl sites for hydroxylation is 2. The van der Waals surface area contributed by atoms with Crippen LogP contribution in [0.5, 0.6) is 0 Å². The molecule has 4 heteroatoms. The van der Waals surface area contributed by atoms with Crippen molar-refractivity contribution in [2.75, 3.05) is 11.9 Å². The number of hydrogen-bond donors (Lipinski definition) is 0. The number of hydrogen-bond acceptors (Lipinski definition) is 2. The predicted octanol–water partition coefficient (Wildman–Crippen LogP) is 3.09. The molecule has 22 heavy (non-hydrogen) atoms. The highest BCUT2D eigenvalue weighted by Crippen LogP contribution is 2.18. The number of benzene rings is 2. The monoisotopic (exact) mass is 293 g/mol. The fraction of sp³-hybridized carbons (Fsp3) is 0.222. The largest absolute Gasteiger partial charge is 0.331 e. The van der Waals surface area contributed by atoms with Crippen LogP contribution in [0.2, 0.25) is 0 Å². The molecule has 0 aliphatic rings. The summed E-state index contributed by atoms with van der Waals surface area (Å²) < 4.78 is 2.05. The summed E-state index contributed by atoms with van der Waals surface area (Å²) >= 11 is 0. The quantitative estimate of drug-likeness (QED) is 0.744. The van der Waals surface area contributed by atoms with Crippen molar-refractivity contribution in [3.8, 4) is 0 Å². The molecule has 0 aliphatic heterocycles. The van der Waals surface area contributed by atoms with E-state index in [1.165, 1.54) is 0 Å². The van der Waals surface area contributed by atoms with E-state index in [-0.39, 0.29) is 5.91 Å². The molecule has 0 fully saturated rings. The van der Waals surface area contributed by atoms with Crippen molar-refractivity contribution in [1.82, 2.24) is 9.55 Å². The van der Waals surface area contributed by atoms with E-state index in [9.17, 15) is 4.79 Å². The summed E-state index contributed by atoms with van der Waals surface area (Å²) in [6.45, 7) is 1.98. The van der Waals surface area contributed by atoms with Crippen molar-refractivity contribution >= 4 is 22.6 Å². The van der Waals surface area contributed by atoms with Crippen LogP contribution in [0.25, 0.3) is 11.0 Å². The highest BCUT2D eigenvalue weighted by molar-refractivity contribution is 5.94. The summed E-state index contributed by atoms with van der Waals surface area (Å²) in [4.78, 5) is 18.6. The molecule has 1 heterocycles. The minimum absolute atomic E-state index is 0.0678. The van der Waals surface area contributed by atoms with E-state index in [4.69, 9.17) is 0 Å². The maximum absolute atomic E-state index is 12.4. The average molecular weight is 293 g/mol. The molecule has 0 atom stereocenters. The van der Waals surface area contributed by atoms with E-state index in [2.05, 4.69) is 9.55 Å². The Kier molecular flexibility index (Phi) is 3.67. The molecular formula is C18H19N3O. The molecule has 3 rings (SSSR count). The third kappa shape index (κ3) is 2.60. The molecular weight excluding hydrogens is 274 g/mol. The van der Waals surface area contributed by atoms with Gasteiger partial charge in [0.1, 0.15) is 5.82 Å². The highest BCUT2D eigenvalue weighted by Gasteiger charge is 2.12. The lowest BCUT2D eigenvalue weighted by molar-refractivity contribution is -0.117. The van der Waals surface area contributed by atoms with Crippen molar-refractivity contribution in [2.45, 2.75) is 13.3 Å². The maximum Gasteiger partial charge on any atom is 0.231 e. The molecule has 0 saturated carbocycles. The van der Waals surface area contributed by atoms with Gasteiger partial charge in [-0.3, -0.25) is 4.79 Å². The van der Waals surface area contributed by atoms with Gasteiger partial charge in [-0.05, 0) is 36.8 Å². The first-order valence-electron chi connectivity index (χ1n) is 7.30. The summed E-state index contributed by atoms with van der Waals surface area (Å²) in [5.74, 6) is 1.04. The number of para-hydroxylation sites is 1. The van der Waals surface area contributed by atoms with Gasteiger partial charge in [-0.2, -0.15) is 0 Å². The maximum atomic E-state index is 12.4. The van der Waals surface area contributed by atoms with Crippen LogP contribution in [0.3, 0.4) is 0 Å². The van der Waals surface area contributed by atoms with Gasteiger partial charge >= 0.3 is 0 Å². The molecule has 1 aromatic heterocycles. The lowest BCUT2D eigenvalue weighted by Crippen LogP contribution is -2.27. The second-order valence-corrected chi connectivity index (χ2v) is 5.51. The molecule has 0 spiro atoms. The second kappa shape index (κ2) is 5.64. The van der Waals surface area contributed by atoms with Gasteiger partial charge in [0, 0.05) is 19.8 Å². The number of likely N-dealkylation sites (N-methyl/N-ethyl adjacent to an activating group) is 1. The molecule has 2 aromatic carbocycles. The molecule has 0 unspecified atom stereocenters. The van der Waals surface area contributed by atoms with Gasteiger partial charge in [0.15, 0.2) is 0 Å². The molecule has 3 aromatic rings. The van der Waals surface area contributed by atoms with Crippen LogP contribution in [-0.4, -0.2) is 22.5 Å². The summed E-state index contributed by atoms with van der Waals surface area (Å²) in [6, 6.07) is 15.7. The Balaban J connectivity index is 1.82. The van der Waals surface area contributed by atoms with Gasteiger partial charge in [-0.25, -0.2) is 4.98 Å². The summed E-state index contributed by atoms with van der Waals surface area (Å²) in [5.41, 5.74) is 3.92. The third-order valence-corrected chi connectivity index (χ3v) is 4.04. The van der Waals surface area contributed by atoms with Crippen LogP contribution < -0.4 is 4.90 Å². The number of anilines is 1. The Labute approximate surface area is 130 Å². The number of carbonyl (C=O) groups excluding carboxylic acids is 1. The van der Waals surface area contributed by atoms with E-state index < -0.39 is 0 Å². The van der Waals surface area contributed by atoms with Gasteiger partial charge in [0.2, 0.25) is 5.91 Å². The fourth-order valence-electron chi connectivity index (χ4n) is 2.56. The van der Waals surface area contributed by atoms with E-state index in [1.54, 1.807) is 11.9 Å². The van der Waals surface area contributed by atoms with E-state index in [1.807, 2.05) is 62.5 Å². The van der Waals surface area contributed by atoms with E-state index in [0.29, 0.717) is 6.42 Å².